The molecule has 0 aliphatic carbocycles. The van der Waals surface area contributed by atoms with Crippen molar-refractivity contribution in [1.82, 2.24) is 9.80 Å². The third-order valence-corrected chi connectivity index (χ3v) is 4.17. The molecular formula is C18H30N2O2. The Balaban J connectivity index is 2.63. The monoisotopic (exact) mass is 306 g/mol. The first kappa shape index (κ1) is 18.5. The highest BCUT2D eigenvalue weighted by molar-refractivity contribution is 5.78. The molecule has 0 saturated carbocycles. The Bertz CT molecular complexity index is 441. The van der Waals surface area contributed by atoms with Crippen molar-refractivity contribution in [2.75, 3.05) is 33.3 Å². The predicted molar refractivity (Wildman–Crippen MR) is 91.3 cm³/mol. The molecule has 1 atom stereocenters. The van der Waals surface area contributed by atoms with E-state index in [1.165, 1.54) is 5.56 Å². The molecule has 0 spiro atoms. The maximum absolute atomic E-state index is 12.3. The number of ether oxygens (including phenoxy) is 1. The van der Waals surface area contributed by atoms with Crippen LogP contribution < -0.4 is 4.74 Å². The Morgan fingerprint density at radius 1 is 1.09 bits per heavy atom. The van der Waals surface area contributed by atoms with Crippen LogP contribution in [0.2, 0.25) is 0 Å². The lowest BCUT2D eigenvalue weighted by Gasteiger charge is -2.30. The molecule has 1 rings (SSSR count). The van der Waals surface area contributed by atoms with Crippen LogP contribution in [0.25, 0.3) is 0 Å². The van der Waals surface area contributed by atoms with E-state index in [2.05, 4.69) is 30.9 Å². The van der Waals surface area contributed by atoms with Gasteiger partial charge in [-0.1, -0.05) is 19.1 Å². The number of amides is 1. The average Bonchev–Trinajstić information content (AvgIpc) is 2.54. The van der Waals surface area contributed by atoms with Gasteiger partial charge >= 0.3 is 0 Å². The van der Waals surface area contributed by atoms with Crippen LogP contribution in [0, 0.1) is 0 Å². The molecule has 4 heteroatoms. The summed E-state index contributed by atoms with van der Waals surface area (Å²) in [5.41, 5.74) is 1.27. The Morgan fingerprint density at radius 2 is 1.68 bits per heavy atom. The lowest BCUT2D eigenvalue weighted by molar-refractivity contribution is -0.132. The topological polar surface area (TPSA) is 32.8 Å². The highest BCUT2D eigenvalue weighted by Gasteiger charge is 2.18. The van der Waals surface area contributed by atoms with Crippen molar-refractivity contribution in [1.29, 1.82) is 0 Å². The molecule has 1 aromatic rings. The van der Waals surface area contributed by atoms with E-state index in [1.807, 2.05) is 30.9 Å². The minimum absolute atomic E-state index is 0.216. The van der Waals surface area contributed by atoms with Crippen LogP contribution in [0.4, 0.5) is 0 Å². The second-order valence-corrected chi connectivity index (χ2v) is 5.53. The van der Waals surface area contributed by atoms with Crippen LogP contribution in [-0.4, -0.2) is 55.0 Å². The molecule has 0 aliphatic heterocycles. The maximum Gasteiger partial charge on any atom is 0.236 e. The lowest BCUT2D eigenvalue weighted by Crippen LogP contribution is -2.44. The van der Waals surface area contributed by atoms with Crippen molar-refractivity contribution in [3.05, 3.63) is 29.8 Å². The number of hydrogen-bond donors (Lipinski definition) is 0. The van der Waals surface area contributed by atoms with Gasteiger partial charge in [-0.25, -0.2) is 0 Å². The number of rotatable bonds is 9. The summed E-state index contributed by atoms with van der Waals surface area (Å²) in [6.45, 7) is 11.3. The summed E-state index contributed by atoms with van der Waals surface area (Å²) >= 11 is 0. The van der Waals surface area contributed by atoms with E-state index in [9.17, 15) is 4.79 Å². The van der Waals surface area contributed by atoms with Crippen LogP contribution in [0.15, 0.2) is 24.3 Å². The fourth-order valence-electron chi connectivity index (χ4n) is 2.66. The van der Waals surface area contributed by atoms with E-state index < -0.39 is 0 Å². The number of benzene rings is 1. The Morgan fingerprint density at radius 3 is 2.14 bits per heavy atom. The van der Waals surface area contributed by atoms with E-state index in [4.69, 9.17) is 4.74 Å². The molecule has 0 N–H and O–H groups in total. The number of carbonyl (C=O) groups is 1. The van der Waals surface area contributed by atoms with E-state index in [0.29, 0.717) is 12.6 Å². The molecule has 0 saturated heterocycles. The number of nitrogens with zero attached hydrogens (tertiary/aromatic N) is 2. The molecule has 0 bridgehead atoms. The summed E-state index contributed by atoms with van der Waals surface area (Å²) < 4.78 is 5.19. The van der Waals surface area contributed by atoms with Gasteiger partial charge in [-0.05, 0) is 51.4 Å². The molecule has 0 aliphatic rings. The van der Waals surface area contributed by atoms with Gasteiger partial charge in [0.25, 0.3) is 0 Å². The molecular weight excluding hydrogens is 276 g/mol. The van der Waals surface area contributed by atoms with Gasteiger partial charge in [-0.15, -0.1) is 0 Å². The summed E-state index contributed by atoms with van der Waals surface area (Å²) in [5.74, 6) is 1.09. The first-order valence-corrected chi connectivity index (χ1v) is 8.20. The second-order valence-electron chi connectivity index (χ2n) is 5.53. The number of likely N-dealkylation sites (N-methyl/N-ethyl adjacent to an activating group) is 2. The van der Waals surface area contributed by atoms with Gasteiger partial charge in [0.1, 0.15) is 5.75 Å². The lowest BCUT2D eigenvalue weighted by atomic mass is 10.1. The molecule has 0 aromatic heterocycles. The van der Waals surface area contributed by atoms with Crippen molar-refractivity contribution < 1.29 is 9.53 Å². The third kappa shape index (κ3) is 5.34. The Hall–Kier alpha value is -1.55. The average molecular weight is 306 g/mol. The van der Waals surface area contributed by atoms with Crippen molar-refractivity contribution in [2.45, 2.75) is 40.2 Å². The zero-order valence-corrected chi connectivity index (χ0v) is 14.6. The Labute approximate surface area is 135 Å². The zero-order valence-electron chi connectivity index (χ0n) is 14.6. The first-order valence-electron chi connectivity index (χ1n) is 8.20. The normalized spacial score (nSPS) is 12.3. The smallest absolute Gasteiger partial charge is 0.236 e. The maximum atomic E-state index is 12.3. The van der Waals surface area contributed by atoms with Crippen LogP contribution in [0.5, 0.6) is 5.75 Å². The van der Waals surface area contributed by atoms with Crippen molar-refractivity contribution in [3.8, 4) is 5.75 Å². The number of methoxy groups -OCH3 is 1. The predicted octanol–water partition coefficient (Wildman–Crippen LogP) is 2.82. The van der Waals surface area contributed by atoms with Gasteiger partial charge in [0.2, 0.25) is 5.91 Å². The zero-order chi connectivity index (χ0) is 16.5. The number of hydrogen-bond acceptors (Lipinski definition) is 3. The Kier molecular flexibility index (Phi) is 7.96. The highest BCUT2D eigenvalue weighted by atomic mass is 16.5. The molecule has 0 fully saturated rings. The minimum Gasteiger partial charge on any atom is -0.497 e. The fourth-order valence-corrected chi connectivity index (χ4v) is 2.66. The van der Waals surface area contributed by atoms with Crippen molar-refractivity contribution in [2.24, 2.45) is 0 Å². The van der Waals surface area contributed by atoms with Gasteiger partial charge in [0, 0.05) is 19.1 Å². The summed E-state index contributed by atoms with van der Waals surface area (Å²) in [7, 11) is 1.68. The van der Waals surface area contributed by atoms with Crippen LogP contribution >= 0.6 is 0 Å². The molecule has 1 unspecified atom stereocenters. The highest BCUT2D eigenvalue weighted by Crippen LogP contribution is 2.14. The van der Waals surface area contributed by atoms with Gasteiger partial charge < -0.3 is 9.64 Å². The first-order chi connectivity index (χ1) is 10.5. The largest absolute Gasteiger partial charge is 0.497 e. The van der Waals surface area contributed by atoms with E-state index >= 15 is 0 Å². The molecule has 1 aromatic carbocycles. The standard InChI is InChI=1S/C18H30N2O2/c1-6-19(7-2)18(21)14-20(8-3)15(4)13-16-9-11-17(22-5)12-10-16/h9-12,15H,6-8,13-14H2,1-5H3. The molecule has 1 amide bonds. The van der Waals surface area contributed by atoms with Crippen LogP contribution in [-0.2, 0) is 11.2 Å². The van der Waals surface area contributed by atoms with Gasteiger partial charge in [-0.3, -0.25) is 9.69 Å². The van der Waals surface area contributed by atoms with E-state index in [1.54, 1.807) is 7.11 Å². The summed E-state index contributed by atoms with van der Waals surface area (Å²) in [4.78, 5) is 16.4. The summed E-state index contributed by atoms with van der Waals surface area (Å²) in [6.07, 6.45) is 0.934. The van der Waals surface area contributed by atoms with Gasteiger partial charge in [0.15, 0.2) is 0 Å². The van der Waals surface area contributed by atoms with Gasteiger partial charge in [0.05, 0.1) is 13.7 Å². The third-order valence-electron chi connectivity index (χ3n) is 4.17. The van der Waals surface area contributed by atoms with Gasteiger partial charge in [-0.2, -0.15) is 0 Å². The summed E-state index contributed by atoms with van der Waals surface area (Å²) in [5, 5.41) is 0. The van der Waals surface area contributed by atoms with Crippen LogP contribution in [0.3, 0.4) is 0 Å². The van der Waals surface area contributed by atoms with Crippen molar-refractivity contribution >= 4 is 5.91 Å². The fraction of sp³-hybridized carbons (Fsp3) is 0.611. The van der Waals surface area contributed by atoms with Crippen LogP contribution in [0.1, 0.15) is 33.3 Å². The molecule has 4 nitrogen and oxygen atoms in total. The quantitative estimate of drug-likeness (QED) is 0.703. The molecule has 124 valence electrons. The SMILES string of the molecule is CCN(CC)C(=O)CN(CC)C(C)Cc1ccc(OC)cc1. The molecule has 0 radical (unpaired) electrons. The summed E-state index contributed by atoms with van der Waals surface area (Å²) in [6, 6.07) is 8.49. The molecule has 22 heavy (non-hydrogen) atoms. The number of carbonyl (C=O) groups excluding carboxylic acids is 1. The molecule has 0 heterocycles. The second kappa shape index (κ2) is 9.46. The van der Waals surface area contributed by atoms with E-state index in [-0.39, 0.29) is 5.91 Å². The minimum atomic E-state index is 0.216. The van der Waals surface area contributed by atoms with Crippen molar-refractivity contribution in [3.63, 3.8) is 0 Å². The van der Waals surface area contributed by atoms with E-state index in [0.717, 1.165) is 31.8 Å².